The Morgan fingerprint density at radius 3 is 2.47 bits per heavy atom. The van der Waals surface area contributed by atoms with Crippen LogP contribution in [0.25, 0.3) is 11.3 Å². The van der Waals surface area contributed by atoms with Crippen LogP contribution in [0.1, 0.15) is 13.8 Å². The van der Waals surface area contributed by atoms with Crippen LogP contribution in [0.2, 0.25) is 0 Å². The monoisotopic (exact) mass is 223 g/mol. The third-order valence-corrected chi connectivity index (χ3v) is 2.73. The first-order valence-electron chi connectivity index (χ1n) is 5.66. The van der Waals surface area contributed by atoms with Crippen molar-refractivity contribution in [3.8, 4) is 11.3 Å². The third kappa shape index (κ3) is 1.73. The van der Waals surface area contributed by atoms with Crippen molar-refractivity contribution < 1.29 is 0 Å². The van der Waals surface area contributed by atoms with E-state index in [4.69, 9.17) is 0 Å². The summed E-state index contributed by atoms with van der Waals surface area (Å²) in [6.45, 7) is 4.00. The highest BCUT2D eigenvalue weighted by atomic mass is 15.1. The van der Waals surface area contributed by atoms with E-state index in [9.17, 15) is 0 Å². The Hall–Kier alpha value is -2.03. The van der Waals surface area contributed by atoms with Gasteiger partial charge in [0.1, 0.15) is 11.0 Å². The second kappa shape index (κ2) is 3.48. The second-order valence-electron chi connectivity index (χ2n) is 4.61. The fraction of sp³-hybridized carbons (Fsp3) is 0.214. The average Bonchev–Trinajstić information content (AvgIpc) is 2.63. The lowest BCUT2D eigenvalue weighted by molar-refractivity contribution is 0.549. The Kier molecular flexibility index (Phi) is 2.08. The molecule has 17 heavy (non-hydrogen) atoms. The molecule has 3 heteroatoms. The zero-order valence-electron chi connectivity index (χ0n) is 9.88. The van der Waals surface area contributed by atoms with Crippen molar-refractivity contribution in [2.24, 2.45) is 9.98 Å². The van der Waals surface area contributed by atoms with Crippen molar-refractivity contribution in [3.05, 3.63) is 53.3 Å². The molecule has 0 spiro atoms. The molecule has 0 N–H and O–H groups in total. The summed E-state index contributed by atoms with van der Waals surface area (Å²) in [7, 11) is 0. The SMILES string of the molecule is CC1(C)N=c2ccnc(-c3ccccc3)c2=N1. The maximum absolute atomic E-state index is 4.63. The predicted molar refractivity (Wildman–Crippen MR) is 66.1 cm³/mol. The standard InChI is InChI=1S/C14H13N3/c1-14(2)16-11-8-9-15-12(13(11)17-14)10-6-4-3-5-7-10/h3-9H,1-2H3. The minimum absolute atomic E-state index is 0.366. The van der Waals surface area contributed by atoms with Crippen LogP contribution in [-0.2, 0) is 0 Å². The van der Waals surface area contributed by atoms with Gasteiger partial charge in [0.2, 0.25) is 0 Å². The fourth-order valence-electron chi connectivity index (χ4n) is 2.04. The Morgan fingerprint density at radius 1 is 0.941 bits per heavy atom. The van der Waals surface area contributed by atoms with Crippen molar-refractivity contribution in [1.29, 1.82) is 0 Å². The Bertz CT molecular complexity index is 672. The molecule has 2 aromatic rings. The topological polar surface area (TPSA) is 37.6 Å². The molecule has 0 radical (unpaired) electrons. The van der Waals surface area contributed by atoms with Gasteiger partial charge in [0, 0.05) is 11.8 Å². The smallest absolute Gasteiger partial charge is 0.146 e. The van der Waals surface area contributed by atoms with Gasteiger partial charge in [0.15, 0.2) is 0 Å². The van der Waals surface area contributed by atoms with Crippen LogP contribution in [0.3, 0.4) is 0 Å². The Labute approximate surface area is 99.6 Å². The number of benzene rings is 1. The number of nitrogens with zero attached hydrogens (tertiary/aromatic N) is 3. The molecule has 0 saturated heterocycles. The summed E-state index contributed by atoms with van der Waals surface area (Å²) in [6.07, 6.45) is 1.79. The molecule has 0 aliphatic carbocycles. The van der Waals surface area contributed by atoms with Crippen LogP contribution in [-0.4, -0.2) is 10.6 Å². The average molecular weight is 223 g/mol. The van der Waals surface area contributed by atoms with Gasteiger partial charge in [-0.3, -0.25) is 15.0 Å². The van der Waals surface area contributed by atoms with Gasteiger partial charge in [-0.1, -0.05) is 30.3 Å². The van der Waals surface area contributed by atoms with E-state index in [1.54, 1.807) is 6.20 Å². The van der Waals surface area contributed by atoms with Gasteiger partial charge in [0.25, 0.3) is 0 Å². The van der Waals surface area contributed by atoms with Crippen LogP contribution in [0.15, 0.2) is 52.6 Å². The highest BCUT2D eigenvalue weighted by Crippen LogP contribution is 2.15. The molecule has 0 saturated carbocycles. The second-order valence-corrected chi connectivity index (χ2v) is 4.61. The van der Waals surface area contributed by atoms with Crippen LogP contribution >= 0.6 is 0 Å². The summed E-state index contributed by atoms with van der Waals surface area (Å²) >= 11 is 0. The molecule has 3 nitrogen and oxygen atoms in total. The zero-order valence-corrected chi connectivity index (χ0v) is 9.88. The molecule has 1 aliphatic heterocycles. The van der Waals surface area contributed by atoms with Gasteiger partial charge >= 0.3 is 0 Å². The summed E-state index contributed by atoms with van der Waals surface area (Å²) in [4.78, 5) is 13.6. The van der Waals surface area contributed by atoms with Gasteiger partial charge in [0.05, 0.1) is 11.1 Å². The lowest BCUT2D eigenvalue weighted by atomic mass is 10.1. The van der Waals surface area contributed by atoms with Crippen molar-refractivity contribution in [3.63, 3.8) is 0 Å². The van der Waals surface area contributed by atoms with Crippen LogP contribution in [0.4, 0.5) is 0 Å². The van der Waals surface area contributed by atoms with Crippen molar-refractivity contribution in [1.82, 2.24) is 4.98 Å². The third-order valence-electron chi connectivity index (χ3n) is 2.73. The maximum Gasteiger partial charge on any atom is 0.146 e. The summed E-state index contributed by atoms with van der Waals surface area (Å²) in [5.41, 5.74) is 1.63. The van der Waals surface area contributed by atoms with Gasteiger partial charge in [-0.15, -0.1) is 0 Å². The zero-order chi connectivity index (χ0) is 11.9. The lowest BCUT2D eigenvalue weighted by Gasteiger charge is -2.07. The Morgan fingerprint density at radius 2 is 1.71 bits per heavy atom. The van der Waals surface area contributed by atoms with E-state index < -0.39 is 0 Å². The van der Waals surface area contributed by atoms with Gasteiger partial charge in [-0.25, -0.2) is 0 Å². The number of aromatic nitrogens is 1. The number of rotatable bonds is 1. The minimum Gasteiger partial charge on any atom is -0.254 e. The summed E-state index contributed by atoms with van der Waals surface area (Å²) in [5, 5.41) is 1.84. The number of pyridine rings is 1. The maximum atomic E-state index is 4.63. The molecule has 84 valence electrons. The van der Waals surface area contributed by atoms with E-state index >= 15 is 0 Å². The van der Waals surface area contributed by atoms with Gasteiger partial charge in [-0.2, -0.15) is 0 Å². The predicted octanol–water partition coefficient (Wildman–Crippen LogP) is 1.74. The summed E-state index contributed by atoms with van der Waals surface area (Å²) in [5.74, 6) is 0. The molecule has 0 bridgehead atoms. The first-order valence-corrected chi connectivity index (χ1v) is 5.66. The molecule has 0 atom stereocenters. The first kappa shape index (κ1) is 10.1. The fourth-order valence-corrected chi connectivity index (χ4v) is 2.04. The molecule has 0 amide bonds. The number of hydrogen-bond donors (Lipinski definition) is 0. The van der Waals surface area contributed by atoms with E-state index in [1.807, 2.05) is 50.2 Å². The molecule has 3 rings (SSSR count). The number of hydrogen-bond acceptors (Lipinski definition) is 3. The van der Waals surface area contributed by atoms with Crippen molar-refractivity contribution >= 4 is 0 Å². The van der Waals surface area contributed by atoms with Gasteiger partial charge in [-0.05, 0) is 19.9 Å². The highest BCUT2D eigenvalue weighted by molar-refractivity contribution is 5.58. The normalized spacial score (nSPS) is 15.9. The van der Waals surface area contributed by atoms with E-state index in [-0.39, 0.29) is 5.66 Å². The quantitative estimate of drug-likeness (QED) is 0.725. The molecule has 0 fully saturated rings. The van der Waals surface area contributed by atoms with E-state index in [0.29, 0.717) is 0 Å². The molecule has 0 unspecified atom stereocenters. The molecular weight excluding hydrogens is 210 g/mol. The van der Waals surface area contributed by atoms with E-state index in [0.717, 1.165) is 22.0 Å². The summed E-state index contributed by atoms with van der Waals surface area (Å²) in [6, 6.07) is 12.0. The first-order chi connectivity index (χ1) is 8.16. The van der Waals surface area contributed by atoms with E-state index in [1.165, 1.54) is 0 Å². The van der Waals surface area contributed by atoms with Crippen LogP contribution < -0.4 is 10.7 Å². The molecular formula is C14H13N3. The number of fused-ring (bicyclic) bond motifs is 1. The molecule has 2 heterocycles. The van der Waals surface area contributed by atoms with Gasteiger partial charge < -0.3 is 0 Å². The van der Waals surface area contributed by atoms with Crippen LogP contribution in [0, 0.1) is 0 Å². The summed E-state index contributed by atoms with van der Waals surface area (Å²) < 4.78 is 0. The highest BCUT2D eigenvalue weighted by Gasteiger charge is 2.20. The molecule has 1 aromatic carbocycles. The van der Waals surface area contributed by atoms with Crippen molar-refractivity contribution in [2.45, 2.75) is 19.5 Å². The van der Waals surface area contributed by atoms with E-state index in [2.05, 4.69) is 15.0 Å². The Balaban J connectivity index is 2.32. The largest absolute Gasteiger partial charge is 0.254 e. The van der Waals surface area contributed by atoms with Crippen molar-refractivity contribution in [2.75, 3.05) is 0 Å². The van der Waals surface area contributed by atoms with Crippen LogP contribution in [0.5, 0.6) is 0 Å². The minimum atomic E-state index is -0.366. The molecule has 1 aliphatic rings. The molecule has 1 aromatic heterocycles. The lowest BCUT2D eigenvalue weighted by Crippen LogP contribution is -2.24.